The highest BCUT2D eigenvalue weighted by molar-refractivity contribution is 9.10. The molecule has 172 valence electrons. The van der Waals surface area contributed by atoms with Gasteiger partial charge in [0, 0.05) is 22.8 Å². The second-order valence-corrected chi connectivity index (χ2v) is 9.83. The van der Waals surface area contributed by atoms with Crippen LogP contribution < -0.4 is 14.8 Å². The van der Waals surface area contributed by atoms with Gasteiger partial charge in [-0.3, -0.25) is 9.52 Å². The quantitative estimate of drug-likeness (QED) is 0.395. The second-order valence-electron chi connectivity index (χ2n) is 7.33. The molecule has 0 fully saturated rings. The summed E-state index contributed by atoms with van der Waals surface area (Å²) in [6.45, 7) is 1.86. The third-order valence-corrected chi connectivity index (χ3v) is 6.93. The van der Waals surface area contributed by atoms with Crippen molar-refractivity contribution in [3.63, 3.8) is 0 Å². The van der Waals surface area contributed by atoms with Crippen molar-refractivity contribution < 1.29 is 31.8 Å². The van der Waals surface area contributed by atoms with Gasteiger partial charge in [-0.05, 0) is 53.2 Å². The van der Waals surface area contributed by atoms with E-state index in [1.54, 1.807) is 25.1 Å². The molecule has 0 saturated carbocycles. The minimum atomic E-state index is -4.58. The molecule has 4 rings (SSSR count). The summed E-state index contributed by atoms with van der Waals surface area (Å²) in [7, 11) is -4.58. The van der Waals surface area contributed by atoms with Crippen molar-refractivity contribution in [1.82, 2.24) is 5.32 Å². The summed E-state index contributed by atoms with van der Waals surface area (Å²) in [5.74, 6) is -3.10. The van der Waals surface area contributed by atoms with Crippen LogP contribution in [0.5, 0.6) is 11.5 Å². The van der Waals surface area contributed by atoms with E-state index in [4.69, 9.17) is 4.74 Å². The smallest absolute Gasteiger partial charge is 0.265 e. The van der Waals surface area contributed by atoms with Crippen LogP contribution in [-0.2, 0) is 10.0 Å². The van der Waals surface area contributed by atoms with Gasteiger partial charge in [0.2, 0.25) is 0 Å². The number of phenolic OH excluding ortho intramolecular Hbond substituents is 1. The lowest BCUT2D eigenvalue weighted by Crippen LogP contribution is -2.28. The van der Waals surface area contributed by atoms with Crippen molar-refractivity contribution in [3.05, 3.63) is 69.7 Å². The third-order valence-electron chi connectivity index (χ3n) is 4.95. The molecular formula is C22H17BrF2N2O5S. The van der Waals surface area contributed by atoms with E-state index in [2.05, 4.69) is 21.2 Å². The molecule has 0 radical (unpaired) electrons. The van der Waals surface area contributed by atoms with E-state index < -0.39 is 43.9 Å². The zero-order chi connectivity index (χ0) is 23.9. The number of anilines is 1. The molecule has 0 aromatic heterocycles. The largest absolute Gasteiger partial charge is 0.505 e. The number of phenols is 1. The highest BCUT2D eigenvalue weighted by Gasteiger charge is 2.26. The average molecular weight is 539 g/mol. The van der Waals surface area contributed by atoms with E-state index >= 15 is 0 Å². The molecule has 0 unspecified atom stereocenters. The molecule has 11 heteroatoms. The van der Waals surface area contributed by atoms with Crippen LogP contribution in [0.4, 0.5) is 14.5 Å². The van der Waals surface area contributed by atoms with E-state index in [-0.39, 0.29) is 40.1 Å². The summed E-state index contributed by atoms with van der Waals surface area (Å²) in [6.07, 6.45) is 0. The predicted molar refractivity (Wildman–Crippen MR) is 121 cm³/mol. The first-order valence-corrected chi connectivity index (χ1v) is 11.9. The first kappa shape index (κ1) is 23.0. The van der Waals surface area contributed by atoms with Gasteiger partial charge in [0.05, 0.1) is 16.7 Å². The van der Waals surface area contributed by atoms with Crippen molar-refractivity contribution in [2.75, 3.05) is 17.9 Å². The molecule has 0 aliphatic carbocycles. The maximum atomic E-state index is 14.8. The number of hydrogen-bond acceptors (Lipinski definition) is 5. The van der Waals surface area contributed by atoms with Gasteiger partial charge >= 0.3 is 0 Å². The van der Waals surface area contributed by atoms with E-state index in [1.165, 1.54) is 6.07 Å². The van der Waals surface area contributed by atoms with Gasteiger partial charge < -0.3 is 15.2 Å². The normalized spacial score (nSPS) is 15.2. The average Bonchev–Trinajstić information content (AvgIpc) is 2.75. The Labute approximate surface area is 196 Å². The number of aryl methyl sites for hydroxylation is 1. The van der Waals surface area contributed by atoms with Gasteiger partial charge in [0.25, 0.3) is 15.9 Å². The third kappa shape index (κ3) is 4.51. The lowest BCUT2D eigenvalue weighted by Gasteiger charge is -2.15. The molecule has 1 heterocycles. The fourth-order valence-corrected chi connectivity index (χ4v) is 5.14. The van der Waals surface area contributed by atoms with Crippen LogP contribution in [0.2, 0.25) is 0 Å². The van der Waals surface area contributed by atoms with Crippen molar-refractivity contribution in [1.29, 1.82) is 0 Å². The Balaban J connectivity index is 1.95. The number of carbonyl (C=O) groups excluding carboxylic acids is 1. The standard InChI is InChI=1S/C22H17BrF2N2O5S/c1-11-2-3-19-14(6-11)13-9-18(17(25)10-16(13)24)27-33(30,31)20-8-12(7-15(23)21(20)28)22(29)26-4-5-32-19/h2-3,6-10,27-28H,4-5H2,1H3,(H,26,29). The number of nitrogens with one attached hydrogen (secondary N) is 2. The number of benzene rings is 3. The number of sulfonamides is 1. The van der Waals surface area contributed by atoms with Crippen molar-refractivity contribution in [3.8, 4) is 22.6 Å². The van der Waals surface area contributed by atoms with E-state index in [0.29, 0.717) is 6.07 Å². The minimum absolute atomic E-state index is 0.0279. The number of carbonyl (C=O) groups is 1. The van der Waals surface area contributed by atoms with Crippen molar-refractivity contribution >= 4 is 37.5 Å². The molecule has 4 bridgehead atoms. The summed E-state index contributed by atoms with van der Waals surface area (Å²) < 4.78 is 63.1. The zero-order valence-corrected chi connectivity index (χ0v) is 19.5. The Bertz CT molecular complexity index is 1400. The molecular weight excluding hydrogens is 522 g/mol. The first-order chi connectivity index (χ1) is 15.6. The summed E-state index contributed by atoms with van der Waals surface area (Å²) in [5.41, 5.74) is 0.344. The zero-order valence-electron chi connectivity index (χ0n) is 17.1. The van der Waals surface area contributed by atoms with Crippen LogP contribution in [0.25, 0.3) is 11.1 Å². The number of rotatable bonds is 0. The Morgan fingerprint density at radius 3 is 2.58 bits per heavy atom. The van der Waals surface area contributed by atoms with Crippen LogP contribution in [0.1, 0.15) is 15.9 Å². The molecule has 7 nitrogen and oxygen atoms in total. The summed E-state index contributed by atoms with van der Waals surface area (Å²) in [4.78, 5) is 11.9. The van der Waals surface area contributed by atoms with Gasteiger partial charge in [-0.2, -0.15) is 0 Å². The summed E-state index contributed by atoms with van der Waals surface area (Å²) >= 11 is 3.03. The van der Waals surface area contributed by atoms with Gasteiger partial charge in [0.15, 0.2) is 0 Å². The van der Waals surface area contributed by atoms with E-state index in [1.807, 2.05) is 4.72 Å². The van der Waals surface area contributed by atoms with E-state index in [0.717, 1.165) is 17.7 Å². The number of aromatic hydroxyl groups is 1. The SMILES string of the molecule is Cc1ccc2c(c1)-c1cc(c(F)cc1F)NS(=O)(=O)c1cc(cc(Br)c1O)C(=O)NCCO2. The molecule has 1 aliphatic heterocycles. The Morgan fingerprint density at radius 2 is 1.82 bits per heavy atom. The van der Waals surface area contributed by atoms with Gasteiger partial charge in [-0.15, -0.1) is 0 Å². The minimum Gasteiger partial charge on any atom is -0.505 e. The second kappa shape index (κ2) is 8.64. The molecule has 0 spiro atoms. The monoisotopic (exact) mass is 538 g/mol. The molecule has 3 aromatic rings. The Hall–Kier alpha value is -3.18. The highest BCUT2D eigenvalue weighted by Crippen LogP contribution is 2.38. The van der Waals surface area contributed by atoms with Crippen LogP contribution in [0, 0.1) is 18.6 Å². The Morgan fingerprint density at radius 1 is 1.06 bits per heavy atom. The highest BCUT2D eigenvalue weighted by atomic mass is 79.9. The topological polar surface area (TPSA) is 105 Å². The predicted octanol–water partition coefficient (Wildman–Crippen LogP) is 4.33. The summed E-state index contributed by atoms with van der Waals surface area (Å²) in [6, 6.07) is 8.75. The molecule has 3 N–H and O–H groups in total. The maximum Gasteiger partial charge on any atom is 0.265 e. The molecule has 1 aliphatic rings. The van der Waals surface area contributed by atoms with Crippen LogP contribution >= 0.6 is 15.9 Å². The molecule has 0 saturated heterocycles. The number of hydrogen-bond donors (Lipinski definition) is 3. The molecule has 1 amide bonds. The summed E-state index contributed by atoms with van der Waals surface area (Å²) in [5, 5.41) is 12.9. The number of amides is 1. The first-order valence-electron chi connectivity index (χ1n) is 9.63. The number of ether oxygens (including phenoxy) is 1. The molecule has 0 atom stereocenters. The van der Waals surface area contributed by atoms with Crippen LogP contribution in [0.3, 0.4) is 0 Å². The van der Waals surface area contributed by atoms with Crippen LogP contribution in [-0.4, -0.2) is 32.6 Å². The van der Waals surface area contributed by atoms with E-state index in [9.17, 15) is 27.1 Å². The lowest BCUT2D eigenvalue weighted by atomic mass is 10.0. The van der Waals surface area contributed by atoms with Crippen molar-refractivity contribution in [2.45, 2.75) is 11.8 Å². The number of halogens is 3. The van der Waals surface area contributed by atoms with Crippen LogP contribution in [0.15, 0.2) is 51.8 Å². The van der Waals surface area contributed by atoms with Gasteiger partial charge in [-0.25, -0.2) is 17.2 Å². The Kier molecular flexibility index (Phi) is 6.02. The van der Waals surface area contributed by atoms with Gasteiger partial charge in [-0.1, -0.05) is 11.6 Å². The molecule has 33 heavy (non-hydrogen) atoms. The van der Waals surface area contributed by atoms with Gasteiger partial charge in [0.1, 0.15) is 34.6 Å². The fraction of sp³-hybridized carbons (Fsp3) is 0.136. The molecule has 3 aromatic carbocycles. The maximum absolute atomic E-state index is 14.8. The number of fused-ring (bicyclic) bond motifs is 6. The fourth-order valence-electron chi connectivity index (χ4n) is 3.35. The van der Waals surface area contributed by atoms with Crippen molar-refractivity contribution in [2.24, 2.45) is 0 Å². The lowest BCUT2D eigenvalue weighted by molar-refractivity contribution is 0.0946.